The summed E-state index contributed by atoms with van der Waals surface area (Å²) >= 11 is 0. The summed E-state index contributed by atoms with van der Waals surface area (Å²) < 4.78 is 14.7. The zero-order valence-electron chi connectivity index (χ0n) is 18.6. The molecule has 1 atom stereocenters. The van der Waals surface area contributed by atoms with Crippen LogP contribution in [0.3, 0.4) is 0 Å². The molecule has 31 heavy (non-hydrogen) atoms. The van der Waals surface area contributed by atoms with E-state index in [4.69, 9.17) is 5.26 Å². The van der Waals surface area contributed by atoms with Crippen molar-refractivity contribution in [3.63, 3.8) is 0 Å². The standard InChI is InChI=1S/C21H28N2O4S.C2H3N/c1-5-9-14-23(8-4)28(27)17-13-10-12-16(15-17)20(24)22-19(7-3)18(11-6-2)21(25)26;1-2-3/h6-7,10-13,15H,2,5,8-9,14H2,1,3-4H3,(H,22,24)(H,25,26);1H3/b18-11+,19-7+;. The lowest BCUT2D eigenvalue weighted by Gasteiger charge is -2.19. The highest BCUT2D eigenvalue weighted by molar-refractivity contribution is 7.82. The average Bonchev–Trinajstić information content (AvgIpc) is 2.76. The van der Waals surface area contributed by atoms with Gasteiger partial charge in [-0.15, -0.1) is 0 Å². The normalized spacial score (nSPS) is 12.3. The molecule has 0 spiro atoms. The van der Waals surface area contributed by atoms with Crippen molar-refractivity contribution in [1.82, 2.24) is 9.62 Å². The maximum atomic E-state index is 12.8. The highest BCUT2D eigenvalue weighted by atomic mass is 32.2. The third-order valence-electron chi connectivity index (χ3n) is 3.99. The number of nitrogens with zero attached hydrogens (tertiary/aromatic N) is 2. The molecule has 0 saturated heterocycles. The first-order chi connectivity index (χ1) is 14.8. The van der Waals surface area contributed by atoms with E-state index in [2.05, 4.69) is 18.8 Å². The summed E-state index contributed by atoms with van der Waals surface area (Å²) in [4.78, 5) is 24.5. The van der Waals surface area contributed by atoms with Gasteiger partial charge in [-0.25, -0.2) is 13.3 Å². The molecule has 0 heterocycles. The largest absolute Gasteiger partial charge is 0.478 e. The van der Waals surface area contributed by atoms with Crippen LogP contribution in [0.2, 0.25) is 0 Å². The lowest BCUT2D eigenvalue weighted by atomic mass is 10.1. The van der Waals surface area contributed by atoms with Crippen LogP contribution in [0.15, 0.2) is 65.2 Å². The Morgan fingerprint density at radius 1 is 1.35 bits per heavy atom. The molecule has 0 aliphatic carbocycles. The van der Waals surface area contributed by atoms with Crippen LogP contribution in [0.5, 0.6) is 0 Å². The van der Waals surface area contributed by atoms with Crippen molar-refractivity contribution in [3.8, 4) is 6.07 Å². The summed E-state index contributed by atoms with van der Waals surface area (Å²) in [5.41, 5.74) is 0.407. The second-order valence-electron chi connectivity index (χ2n) is 6.15. The van der Waals surface area contributed by atoms with Crippen molar-refractivity contribution < 1.29 is 18.9 Å². The molecule has 1 unspecified atom stereocenters. The number of rotatable bonds is 11. The maximum absolute atomic E-state index is 12.8. The fourth-order valence-corrected chi connectivity index (χ4v) is 3.72. The molecule has 0 radical (unpaired) electrons. The minimum absolute atomic E-state index is 0.0673. The molecule has 0 saturated carbocycles. The number of benzene rings is 1. The average molecular weight is 446 g/mol. The highest BCUT2D eigenvalue weighted by Crippen LogP contribution is 2.15. The predicted octanol–water partition coefficient (Wildman–Crippen LogP) is 4.19. The molecule has 1 rings (SSSR count). The maximum Gasteiger partial charge on any atom is 0.337 e. The van der Waals surface area contributed by atoms with Gasteiger partial charge in [-0.05, 0) is 37.6 Å². The highest BCUT2D eigenvalue weighted by Gasteiger charge is 2.18. The lowest BCUT2D eigenvalue weighted by molar-refractivity contribution is -0.132. The fourth-order valence-electron chi connectivity index (χ4n) is 2.47. The molecule has 0 fully saturated rings. The first-order valence-electron chi connectivity index (χ1n) is 9.92. The van der Waals surface area contributed by atoms with Crippen LogP contribution in [0.1, 0.15) is 50.9 Å². The van der Waals surface area contributed by atoms with Crippen molar-refractivity contribution in [2.45, 2.75) is 45.4 Å². The van der Waals surface area contributed by atoms with E-state index < -0.39 is 22.9 Å². The van der Waals surface area contributed by atoms with Crippen LogP contribution in [0, 0.1) is 11.3 Å². The number of allylic oxidation sites excluding steroid dienone is 3. The van der Waals surface area contributed by atoms with E-state index in [0.717, 1.165) is 12.8 Å². The first kappa shape index (κ1) is 28.0. The van der Waals surface area contributed by atoms with E-state index >= 15 is 0 Å². The molecule has 0 aromatic heterocycles. The van der Waals surface area contributed by atoms with E-state index in [1.165, 1.54) is 25.2 Å². The number of nitrogens with one attached hydrogen (secondary N) is 1. The summed E-state index contributed by atoms with van der Waals surface area (Å²) in [5.74, 6) is -1.64. The third kappa shape index (κ3) is 9.55. The van der Waals surface area contributed by atoms with Gasteiger partial charge in [0.2, 0.25) is 0 Å². The van der Waals surface area contributed by atoms with E-state index in [9.17, 15) is 18.9 Å². The van der Waals surface area contributed by atoms with Gasteiger partial charge in [0, 0.05) is 25.6 Å². The summed E-state index contributed by atoms with van der Waals surface area (Å²) in [7, 11) is -1.36. The van der Waals surface area contributed by atoms with Crippen molar-refractivity contribution in [2.24, 2.45) is 0 Å². The van der Waals surface area contributed by atoms with Crippen LogP contribution < -0.4 is 5.32 Å². The number of carboxylic acids is 1. The van der Waals surface area contributed by atoms with Gasteiger partial charge in [-0.3, -0.25) is 4.79 Å². The Morgan fingerprint density at radius 2 is 2.00 bits per heavy atom. The van der Waals surface area contributed by atoms with Gasteiger partial charge in [-0.2, -0.15) is 5.26 Å². The number of hydrogen-bond acceptors (Lipinski definition) is 4. The molecule has 1 aromatic carbocycles. The number of carboxylic acid groups (broad SMARTS) is 1. The lowest BCUT2D eigenvalue weighted by Crippen LogP contribution is -2.28. The van der Waals surface area contributed by atoms with Crippen molar-refractivity contribution in [1.29, 1.82) is 5.26 Å². The SMILES string of the molecule is C=C/C=C(C(=O)O)\C(=C/C)NC(=O)c1cccc(S(=O)N(CC)CCCC)c1.CC#N. The minimum Gasteiger partial charge on any atom is -0.478 e. The molecule has 168 valence electrons. The Balaban J connectivity index is 0.00000282. The van der Waals surface area contributed by atoms with Crippen molar-refractivity contribution >= 4 is 22.9 Å². The van der Waals surface area contributed by atoms with Gasteiger partial charge in [0.25, 0.3) is 5.91 Å². The number of carbonyl (C=O) groups excluding carboxylic acids is 1. The van der Waals surface area contributed by atoms with Gasteiger partial charge < -0.3 is 10.4 Å². The third-order valence-corrected chi connectivity index (χ3v) is 5.56. The van der Waals surface area contributed by atoms with Gasteiger partial charge >= 0.3 is 5.97 Å². The molecular formula is C23H31N3O4S. The number of carbonyl (C=O) groups is 2. The number of aliphatic carboxylic acids is 1. The smallest absolute Gasteiger partial charge is 0.337 e. The quantitative estimate of drug-likeness (QED) is 0.392. The van der Waals surface area contributed by atoms with Gasteiger partial charge in [-0.1, -0.05) is 45.1 Å². The van der Waals surface area contributed by atoms with Crippen LogP contribution in [-0.4, -0.2) is 38.6 Å². The van der Waals surface area contributed by atoms with Gasteiger partial charge in [0.1, 0.15) is 11.0 Å². The summed E-state index contributed by atoms with van der Waals surface area (Å²) in [5, 5.41) is 19.2. The summed E-state index contributed by atoms with van der Waals surface area (Å²) in [6.07, 6.45) is 6.12. The summed E-state index contributed by atoms with van der Waals surface area (Å²) in [6, 6.07) is 8.31. The second-order valence-corrected chi connectivity index (χ2v) is 7.64. The van der Waals surface area contributed by atoms with Gasteiger partial charge in [0.15, 0.2) is 0 Å². The molecule has 1 aromatic rings. The minimum atomic E-state index is -1.36. The Labute approximate surface area is 187 Å². The van der Waals surface area contributed by atoms with Crippen LogP contribution in [-0.2, 0) is 15.8 Å². The monoisotopic (exact) mass is 445 g/mol. The van der Waals surface area contributed by atoms with Crippen LogP contribution in [0.4, 0.5) is 0 Å². The predicted molar refractivity (Wildman–Crippen MR) is 123 cm³/mol. The Bertz CT molecular complexity index is 885. The molecule has 8 heteroatoms. The number of amides is 1. The van der Waals surface area contributed by atoms with E-state index in [1.807, 2.05) is 11.2 Å². The Kier molecular flexibility index (Phi) is 14.2. The number of unbranched alkanes of at least 4 members (excludes halogenated alkanes) is 1. The first-order valence-corrected chi connectivity index (χ1v) is 11.0. The molecule has 0 bridgehead atoms. The van der Waals surface area contributed by atoms with Gasteiger partial charge in [0.05, 0.1) is 22.2 Å². The Hall–Kier alpha value is -3.02. The molecule has 1 amide bonds. The van der Waals surface area contributed by atoms with E-state index in [1.54, 1.807) is 37.3 Å². The molecular weight excluding hydrogens is 414 g/mol. The second kappa shape index (κ2) is 15.8. The molecule has 2 N–H and O–H groups in total. The van der Waals surface area contributed by atoms with E-state index in [-0.39, 0.29) is 11.3 Å². The Morgan fingerprint density at radius 3 is 2.48 bits per heavy atom. The van der Waals surface area contributed by atoms with Crippen molar-refractivity contribution in [3.05, 3.63) is 65.9 Å². The number of nitriles is 1. The number of hydrogen-bond donors (Lipinski definition) is 2. The van der Waals surface area contributed by atoms with E-state index in [0.29, 0.717) is 23.5 Å². The fraction of sp³-hybridized carbons (Fsp3) is 0.348. The molecule has 0 aliphatic rings. The van der Waals surface area contributed by atoms with Crippen molar-refractivity contribution in [2.75, 3.05) is 13.1 Å². The molecule has 7 nitrogen and oxygen atoms in total. The zero-order chi connectivity index (χ0) is 23.8. The summed E-state index contributed by atoms with van der Waals surface area (Å²) in [6.45, 7) is 11.9. The topological polar surface area (TPSA) is 110 Å². The van der Waals surface area contributed by atoms with Crippen LogP contribution >= 0.6 is 0 Å². The van der Waals surface area contributed by atoms with Crippen LogP contribution in [0.25, 0.3) is 0 Å². The zero-order valence-corrected chi connectivity index (χ0v) is 19.4. The molecule has 0 aliphatic heterocycles.